The fourth-order valence-corrected chi connectivity index (χ4v) is 9.39. The van der Waals surface area contributed by atoms with Gasteiger partial charge in [0, 0.05) is 0 Å². The summed E-state index contributed by atoms with van der Waals surface area (Å²) in [5.41, 5.74) is 1.15. The van der Waals surface area contributed by atoms with Gasteiger partial charge in [-0.25, -0.2) is 0 Å². The van der Waals surface area contributed by atoms with Crippen LogP contribution in [0.3, 0.4) is 0 Å². The van der Waals surface area contributed by atoms with Crippen molar-refractivity contribution in [2.75, 3.05) is 0 Å². The van der Waals surface area contributed by atoms with Gasteiger partial charge in [-0.05, 0) is 97.7 Å². The average Bonchev–Trinajstić information content (AvgIpc) is 3.16. The van der Waals surface area contributed by atoms with Crippen molar-refractivity contribution in [3.63, 3.8) is 0 Å². The van der Waals surface area contributed by atoms with E-state index in [0.717, 1.165) is 36.5 Å². The van der Waals surface area contributed by atoms with Gasteiger partial charge >= 0.3 is 0 Å². The highest BCUT2D eigenvalue weighted by molar-refractivity contribution is 5.29. The van der Waals surface area contributed by atoms with Crippen molar-refractivity contribution in [2.45, 2.75) is 97.0 Å². The molecule has 8 atom stereocenters. The van der Waals surface area contributed by atoms with Gasteiger partial charge in [-0.2, -0.15) is 0 Å². The highest BCUT2D eigenvalue weighted by atomic mass is 16.3. The van der Waals surface area contributed by atoms with Gasteiger partial charge in [0.25, 0.3) is 0 Å². The lowest BCUT2D eigenvalue weighted by molar-refractivity contribution is -0.110. The molecule has 0 amide bonds. The highest BCUT2D eigenvalue weighted by Crippen LogP contribution is 2.85. The van der Waals surface area contributed by atoms with E-state index >= 15 is 0 Å². The first kappa shape index (κ1) is 15.2. The van der Waals surface area contributed by atoms with E-state index in [1.54, 1.807) is 0 Å². The maximum absolute atomic E-state index is 11.4. The monoisotopic (exact) mass is 316 g/mol. The maximum atomic E-state index is 11.4. The molecule has 130 valence electrons. The summed E-state index contributed by atoms with van der Waals surface area (Å²) in [6.45, 7) is 7.38. The fourth-order valence-electron chi connectivity index (χ4n) is 9.39. The molecule has 5 aliphatic rings. The molecule has 5 fully saturated rings. The summed E-state index contributed by atoms with van der Waals surface area (Å²) in [6, 6.07) is 0. The summed E-state index contributed by atoms with van der Waals surface area (Å²) in [4.78, 5) is 0. The molecule has 1 nitrogen and oxygen atoms in total. The van der Waals surface area contributed by atoms with Crippen LogP contribution in [0.1, 0.15) is 91.4 Å². The van der Waals surface area contributed by atoms with Crippen LogP contribution in [-0.4, -0.2) is 10.7 Å². The van der Waals surface area contributed by atoms with E-state index in [-0.39, 0.29) is 11.0 Å². The Hall–Kier alpha value is -0.0400. The molecule has 0 aromatic rings. The zero-order chi connectivity index (χ0) is 16.1. The van der Waals surface area contributed by atoms with Crippen LogP contribution in [0, 0.1) is 39.9 Å². The Labute approximate surface area is 142 Å². The number of hydrogen-bond donors (Lipinski definition) is 1. The molecule has 0 aromatic heterocycles. The Morgan fingerprint density at radius 3 is 2.52 bits per heavy atom. The molecule has 1 N–H and O–H groups in total. The van der Waals surface area contributed by atoms with Crippen LogP contribution >= 0.6 is 0 Å². The van der Waals surface area contributed by atoms with Gasteiger partial charge in [-0.15, -0.1) is 0 Å². The van der Waals surface area contributed by atoms with Gasteiger partial charge in [0.1, 0.15) is 0 Å². The quantitative estimate of drug-likeness (QED) is 0.671. The normalized spacial score (nSPS) is 63.7. The summed E-state index contributed by atoms with van der Waals surface area (Å²) in [5.74, 6) is 3.88. The van der Waals surface area contributed by atoms with Crippen molar-refractivity contribution in [2.24, 2.45) is 39.9 Å². The van der Waals surface area contributed by atoms with E-state index in [4.69, 9.17) is 0 Å². The summed E-state index contributed by atoms with van der Waals surface area (Å²) in [6.07, 6.45) is 15.1. The maximum Gasteiger partial charge on any atom is 0.0701 e. The third-order valence-electron chi connectivity index (χ3n) is 10.5. The largest absolute Gasteiger partial charge is 0.389 e. The molecule has 0 radical (unpaired) electrons. The second-order valence-corrected chi connectivity index (χ2v) is 10.6. The molecule has 5 aliphatic carbocycles. The number of fused-ring (bicyclic) bond motifs is 4. The van der Waals surface area contributed by atoms with Crippen molar-refractivity contribution >= 4 is 0 Å². The van der Waals surface area contributed by atoms with Crippen LogP contribution in [0.15, 0.2) is 0 Å². The van der Waals surface area contributed by atoms with Crippen LogP contribution in [-0.2, 0) is 0 Å². The summed E-state index contributed by atoms with van der Waals surface area (Å²) in [7, 11) is 0. The Balaban J connectivity index is 1.54. The van der Waals surface area contributed by atoms with Gasteiger partial charge < -0.3 is 5.11 Å². The molecule has 5 saturated carbocycles. The lowest BCUT2D eigenvalue weighted by atomic mass is 9.52. The molecule has 2 unspecified atom stereocenters. The molecule has 0 aliphatic heterocycles. The van der Waals surface area contributed by atoms with Gasteiger partial charge in [-0.1, -0.05) is 33.6 Å². The molecule has 5 rings (SSSR count). The summed E-state index contributed by atoms with van der Waals surface area (Å²) >= 11 is 0. The van der Waals surface area contributed by atoms with Crippen LogP contribution in [0.5, 0.6) is 0 Å². The predicted octanol–water partition coefficient (Wildman–Crippen LogP) is 5.56. The minimum Gasteiger partial charge on any atom is -0.389 e. The second kappa shape index (κ2) is 4.37. The predicted molar refractivity (Wildman–Crippen MR) is 94.0 cm³/mol. The number of hydrogen-bond acceptors (Lipinski definition) is 1. The summed E-state index contributed by atoms with van der Waals surface area (Å²) < 4.78 is 0. The van der Waals surface area contributed by atoms with E-state index in [2.05, 4.69) is 20.8 Å². The van der Waals surface area contributed by atoms with Crippen LogP contribution in [0.25, 0.3) is 0 Å². The molecular formula is C22H36O. The van der Waals surface area contributed by atoms with Gasteiger partial charge in [0.15, 0.2) is 0 Å². The van der Waals surface area contributed by atoms with E-state index < -0.39 is 0 Å². The highest BCUT2D eigenvalue weighted by Gasteiger charge is 2.80. The smallest absolute Gasteiger partial charge is 0.0701 e. The van der Waals surface area contributed by atoms with Crippen molar-refractivity contribution in [1.29, 1.82) is 0 Å². The lowest BCUT2D eigenvalue weighted by Gasteiger charge is -2.53. The van der Waals surface area contributed by atoms with Gasteiger partial charge in [0.2, 0.25) is 0 Å². The average molecular weight is 317 g/mol. The first-order valence-corrected chi connectivity index (χ1v) is 10.6. The van der Waals surface area contributed by atoms with Crippen LogP contribution in [0.2, 0.25) is 0 Å². The second-order valence-electron chi connectivity index (χ2n) is 10.6. The van der Waals surface area contributed by atoms with Crippen LogP contribution < -0.4 is 0 Å². The fraction of sp³-hybridized carbons (Fsp3) is 1.00. The molecule has 0 saturated heterocycles. The topological polar surface area (TPSA) is 20.2 Å². The molecule has 0 bridgehead atoms. The minimum absolute atomic E-state index is 0.213. The third kappa shape index (κ3) is 1.52. The van der Waals surface area contributed by atoms with Crippen molar-refractivity contribution in [3.8, 4) is 0 Å². The zero-order valence-electron chi connectivity index (χ0n) is 15.5. The van der Waals surface area contributed by atoms with E-state index in [1.165, 1.54) is 57.8 Å². The lowest BCUT2D eigenvalue weighted by Crippen LogP contribution is -2.50. The Morgan fingerprint density at radius 2 is 1.74 bits per heavy atom. The zero-order valence-corrected chi connectivity index (χ0v) is 15.5. The molecule has 0 heterocycles. The van der Waals surface area contributed by atoms with E-state index in [0.29, 0.717) is 10.8 Å². The van der Waals surface area contributed by atoms with Crippen LogP contribution in [0.4, 0.5) is 0 Å². The Kier molecular flexibility index (Phi) is 2.90. The molecule has 0 aromatic carbocycles. The third-order valence-corrected chi connectivity index (χ3v) is 10.5. The molecule has 1 heteroatoms. The molecular weight excluding hydrogens is 280 g/mol. The standard InChI is InChI=1S/C22H36O/c1-4-21(23)13-10-17-20(21,3)12-9-16-18-19(2)11-6-5-7-15(19)8-14-22(16,17)18/h15-18,23H,4-14H2,1-3H3/t15-,16+,17-,18?,19+,20+,21+,22?/m1/s1. The first-order chi connectivity index (χ1) is 10.9. The SMILES string of the molecule is CC[C@]1(O)CC[C@H]2C34CC[C@H]5CCCC[C@]5(C)C3[C@@H]4CC[C@@]21C. The van der Waals surface area contributed by atoms with E-state index in [1.807, 2.05) is 0 Å². The number of aliphatic hydroxyl groups is 1. The minimum atomic E-state index is -0.366. The number of rotatable bonds is 1. The van der Waals surface area contributed by atoms with Crippen molar-refractivity contribution in [1.82, 2.24) is 0 Å². The van der Waals surface area contributed by atoms with Crippen molar-refractivity contribution < 1.29 is 5.11 Å². The van der Waals surface area contributed by atoms with Crippen molar-refractivity contribution in [3.05, 3.63) is 0 Å². The molecule has 1 spiro atoms. The Morgan fingerprint density at radius 1 is 0.913 bits per heavy atom. The van der Waals surface area contributed by atoms with E-state index in [9.17, 15) is 5.11 Å². The van der Waals surface area contributed by atoms with Gasteiger partial charge in [-0.3, -0.25) is 0 Å². The first-order valence-electron chi connectivity index (χ1n) is 10.6. The van der Waals surface area contributed by atoms with Gasteiger partial charge in [0.05, 0.1) is 5.60 Å². The Bertz CT molecular complexity index is 528. The summed E-state index contributed by atoms with van der Waals surface area (Å²) in [5, 5.41) is 11.4. The molecule has 23 heavy (non-hydrogen) atoms.